The predicted molar refractivity (Wildman–Crippen MR) is 81.2 cm³/mol. The topological polar surface area (TPSA) is 53.3 Å². The molecule has 0 saturated carbocycles. The van der Waals surface area contributed by atoms with E-state index in [9.17, 15) is 4.57 Å². The number of hydrogen-bond donors (Lipinski definition) is 0. The first-order valence-electron chi connectivity index (χ1n) is 7.05. The number of aromatic nitrogens is 2. The molecule has 1 aromatic rings. The van der Waals surface area contributed by atoms with E-state index in [4.69, 9.17) is 9.05 Å². The van der Waals surface area contributed by atoms with Crippen LogP contribution in [0.1, 0.15) is 51.6 Å². The van der Waals surface area contributed by atoms with Crippen molar-refractivity contribution in [1.29, 1.82) is 0 Å². The molecule has 1 heterocycles. The van der Waals surface area contributed by atoms with Crippen LogP contribution >= 0.6 is 7.60 Å². The fourth-order valence-electron chi connectivity index (χ4n) is 2.30. The molecule has 5 nitrogen and oxygen atoms in total. The van der Waals surface area contributed by atoms with Crippen LogP contribution in [0.3, 0.4) is 0 Å². The SMILES string of the molecule is CCOP(=O)(Cc1c(C)c(C(C)(C)C)nn1C)OCC. The third kappa shape index (κ3) is 3.94. The lowest BCUT2D eigenvalue weighted by Gasteiger charge is -2.18. The first kappa shape index (κ1) is 17.4. The van der Waals surface area contributed by atoms with Gasteiger partial charge in [-0.05, 0) is 26.3 Å². The molecule has 0 bridgehead atoms. The number of nitrogens with zero attached hydrogens (tertiary/aromatic N) is 2. The predicted octanol–water partition coefficient (Wildman–Crippen LogP) is 3.79. The summed E-state index contributed by atoms with van der Waals surface area (Å²) in [6, 6.07) is 0. The Hall–Kier alpha value is -0.640. The van der Waals surface area contributed by atoms with Crippen LogP contribution in [0.5, 0.6) is 0 Å². The molecule has 0 spiro atoms. The molecule has 1 rings (SSSR count). The molecule has 0 aliphatic rings. The van der Waals surface area contributed by atoms with Crippen LogP contribution in [0.2, 0.25) is 0 Å². The Kier molecular flexibility index (Phi) is 5.59. The summed E-state index contributed by atoms with van der Waals surface area (Å²) in [7, 11) is -1.22. The van der Waals surface area contributed by atoms with E-state index in [2.05, 4.69) is 25.9 Å². The molecular formula is C14H27N2O3P. The molecule has 0 N–H and O–H groups in total. The maximum atomic E-state index is 12.7. The fourth-order valence-corrected chi connectivity index (χ4v) is 4.16. The first-order chi connectivity index (χ1) is 9.14. The zero-order valence-electron chi connectivity index (χ0n) is 13.7. The Bertz CT molecular complexity index is 493. The van der Waals surface area contributed by atoms with Crippen molar-refractivity contribution in [2.24, 2.45) is 7.05 Å². The van der Waals surface area contributed by atoms with E-state index in [1.807, 2.05) is 27.8 Å². The molecule has 0 saturated heterocycles. The van der Waals surface area contributed by atoms with Gasteiger partial charge in [-0.3, -0.25) is 9.25 Å². The molecule has 20 heavy (non-hydrogen) atoms. The summed E-state index contributed by atoms with van der Waals surface area (Å²) in [5.74, 6) is 0. The van der Waals surface area contributed by atoms with Crippen molar-refractivity contribution < 1.29 is 13.6 Å². The van der Waals surface area contributed by atoms with E-state index in [-0.39, 0.29) is 11.6 Å². The fraction of sp³-hybridized carbons (Fsp3) is 0.786. The molecule has 0 aliphatic carbocycles. The molecule has 0 atom stereocenters. The summed E-state index contributed by atoms with van der Waals surface area (Å²) in [5.41, 5.74) is 2.97. The monoisotopic (exact) mass is 302 g/mol. The maximum absolute atomic E-state index is 12.7. The second kappa shape index (κ2) is 6.42. The molecular weight excluding hydrogens is 275 g/mol. The van der Waals surface area contributed by atoms with Crippen molar-refractivity contribution >= 4 is 7.60 Å². The van der Waals surface area contributed by atoms with Crippen LogP contribution in [0, 0.1) is 6.92 Å². The second-order valence-electron chi connectivity index (χ2n) is 5.90. The van der Waals surface area contributed by atoms with Gasteiger partial charge in [-0.25, -0.2) is 0 Å². The van der Waals surface area contributed by atoms with Gasteiger partial charge in [0.2, 0.25) is 0 Å². The third-order valence-electron chi connectivity index (χ3n) is 3.13. The van der Waals surface area contributed by atoms with Gasteiger partial charge in [-0.2, -0.15) is 5.10 Å². The van der Waals surface area contributed by atoms with Gasteiger partial charge in [0.15, 0.2) is 0 Å². The molecule has 6 heteroatoms. The van der Waals surface area contributed by atoms with Crippen molar-refractivity contribution in [3.63, 3.8) is 0 Å². The van der Waals surface area contributed by atoms with E-state index in [1.165, 1.54) is 0 Å². The molecule has 0 aliphatic heterocycles. The van der Waals surface area contributed by atoms with Crippen LogP contribution in [-0.4, -0.2) is 23.0 Å². The van der Waals surface area contributed by atoms with E-state index < -0.39 is 7.60 Å². The van der Waals surface area contributed by atoms with Crippen molar-refractivity contribution in [3.8, 4) is 0 Å². The lowest BCUT2D eigenvalue weighted by Crippen LogP contribution is -2.13. The van der Waals surface area contributed by atoms with E-state index >= 15 is 0 Å². The Morgan fingerprint density at radius 2 is 1.70 bits per heavy atom. The van der Waals surface area contributed by atoms with Crippen molar-refractivity contribution in [1.82, 2.24) is 9.78 Å². The highest BCUT2D eigenvalue weighted by Gasteiger charge is 2.30. The van der Waals surface area contributed by atoms with Crippen molar-refractivity contribution in [3.05, 3.63) is 17.0 Å². The molecule has 0 unspecified atom stereocenters. The van der Waals surface area contributed by atoms with Gasteiger partial charge >= 0.3 is 7.60 Å². The van der Waals surface area contributed by atoms with Gasteiger partial charge in [0.05, 0.1) is 30.8 Å². The molecule has 1 aromatic heterocycles. The molecule has 0 amide bonds. The van der Waals surface area contributed by atoms with Gasteiger partial charge in [0.1, 0.15) is 0 Å². The van der Waals surface area contributed by atoms with Gasteiger partial charge in [-0.15, -0.1) is 0 Å². The summed E-state index contributed by atoms with van der Waals surface area (Å²) in [6.07, 6.45) is 0.264. The zero-order valence-corrected chi connectivity index (χ0v) is 14.6. The minimum absolute atomic E-state index is 0.0404. The lowest BCUT2D eigenvalue weighted by molar-refractivity contribution is 0.218. The lowest BCUT2D eigenvalue weighted by atomic mass is 9.89. The van der Waals surface area contributed by atoms with Crippen LogP contribution < -0.4 is 0 Å². The summed E-state index contributed by atoms with van der Waals surface area (Å²) in [5, 5.41) is 4.57. The van der Waals surface area contributed by atoms with Gasteiger partial charge < -0.3 is 9.05 Å². The Balaban J connectivity index is 3.15. The van der Waals surface area contributed by atoms with Gasteiger partial charge in [0.25, 0.3) is 0 Å². The van der Waals surface area contributed by atoms with Crippen molar-refractivity contribution in [2.75, 3.05) is 13.2 Å². The average Bonchev–Trinajstić information content (AvgIpc) is 2.57. The molecule has 0 fully saturated rings. The number of aryl methyl sites for hydroxylation is 1. The molecule has 0 aromatic carbocycles. The minimum atomic E-state index is -3.09. The van der Waals surface area contributed by atoms with E-state index in [0.29, 0.717) is 13.2 Å². The summed E-state index contributed by atoms with van der Waals surface area (Å²) < 4.78 is 25.2. The standard InChI is InChI=1S/C14H27N2O3P/c1-8-18-20(17,19-9-2)10-12-11(3)13(14(4,5)6)15-16(12)7/h8-10H2,1-7H3. The Morgan fingerprint density at radius 3 is 2.05 bits per heavy atom. The molecule has 0 radical (unpaired) electrons. The maximum Gasteiger partial charge on any atom is 0.336 e. The normalized spacial score (nSPS) is 12.9. The summed E-state index contributed by atoms with van der Waals surface area (Å²) in [4.78, 5) is 0. The Morgan fingerprint density at radius 1 is 1.20 bits per heavy atom. The van der Waals surface area contributed by atoms with Crippen LogP contribution in [0.25, 0.3) is 0 Å². The minimum Gasteiger partial charge on any atom is -0.309 e. The van der Waals surface area contributed by atoms with Gasteiger partial charge in [-0.1, -0.05) is 20.8 Å². The number of rotatable bonds is 6. The zero-order chi connectivity index (χ0) is 15.6. The van der Waals surface area contributed by atoms with Crippen molar-refractivity contribution in [2.45, 2.75) is 53.1 Å². The quantitative estimate of drug-likeness (QED) is 0.750. The third-order valence-corrected chi connectivity index (χ3v) is 5.12. The van der Waals surface area contributed by atoms with Crippen LogP contribution in [0.15, 0.2) is 0 Å². The van der Waals surface area contributed by atoms with Crippen LogP contribution in [0.4, 0.5) is 0 Å². The number of hydrogen-bond acceptors (Lipinski definition) is 4. The van der Waals surface area contributed by atoms with E-state index in [1.54, 1.807) is 4.68 Å². The average molecular weight is 302 g/mol. The van der Waals surface area contributed by atoms with Crippen LogP contribution in [-0.2, 0) is 32.2 Å². The first-order valence-corrected chi connectivity index (χ1v) is 8.78. The highest BCUT2D eigenvalue weighted by molar-refractivity contribution is 7.53. The highest BCUT2D eigenvalue weighted by atomic mass is 31.2. The Labute approximate surface area is 122 Å². The van der Waals surface area contributed by atoms with E-state index in [0.717, 1.165) is 17.0 Å². The van der Waals surface area contributed by atoms with Gasteiger partial charge in [0, 0.05) is 12.5 Å². The largest absolute Gasteiger partial charge is 0.336 e. The smallest absolute Gasteiger partial charge is 0.309 e. The highest BCUT2D eigenvalue weighted by Crippen LogP contribution is 2.52. The second-order valence-corrected chi connectivity index (χ2v) is 7.95. The summed E-state index contributed by atoms with van der Waals surface area (Å²) in [6.45, 7) is 12.8. The molecule has 116 valence electrons. The summed E-state index contributed by atoms with van der Waals surface area (Å²) >= 11 is 0.